The lowest BCUT2D eigenvalue weighted by molar-refractivity contribution is 0.0783. The Morgan fingerprint density at radius 3 is 2.33 bits per heavy atom. The SMILES string of the molecule is Cc1ccc(C(=O)N(C)Cc2cn(-c3ccccc3)nc2-c2ccccc2)c(=O)[nH]1. The summed E-state index contributed by atoms with van der Waals surface area (Å²) in [4.78, 5) is 29.3. The Morgan fingerprint density at radius 1 is 1.00 bits per heavy atom. The van der Waals surface area contributed by atoms with Crippen LogP contribution >= 0.6 is 0 Å². The van der Waals surface area contributed by atoms with Crippen molar-refractivity contribution in [3.05, 3.63) is 106 Å². The molecule has 0 bridgehead atoms. The van der Waals surface area contributed by atoms with E-state index in [0.29, 0.717) is 6.54 Å². The fraction of sp³-hybridized carbons (Fsp3) is 0.125. The number of pyridine rings is 1. The van der Waals surface area contributed by atoms with Gasteiger partial charge in [-0.15, -0.1) is 0 Å². The smallest absolute Gasteiger partial charge is 0.260 e. The van der Waals surface area contributed by atoms with Crippen molar-refractivity contribution in [3.8, 4) is 16.9 Å². The molecule has 1 amide bonds. The number of aromatic amines is 1. The molecular weight excluding hydrogens is 376 g/mol. The van der Waals surface area contributed by atoms with Crippen molar-refractivity contribution >= 4 is 5.91 Å². The van der Waals surface area contributed by atoms with Crippen molar-refractivity contribution in [3.63, 3.8) is 0 Å². The molecule has 4 aromatic rings. The standard InChI is InChI=1S/C24H22N4O2/c1-17-13-14-21(23(29)25-17)24(30)27(2)15-19-16-28(20-11-7-4-8-12-20)26-22(19)18-9-5-3-6-10-18/h3-14,16H,15H2,1-2H3,(H,25,29). The molecule has 150 valence electrons. The highest BCUT2D eigenvalue weighted by Crippen LogP contribution is 2.25. The lowest BCUT2D eigenvalue weighted by Gasteiger charge is -2.17. The van der Waals surface area contributed by atoms with Gasteiger partial charge in [-0.1, -0.05) is 48.5 Å². The maximum Gasteiger partial charge on any atom is 0.260 e. The van der Waals surface area contributed by atoms with E-state index in [1.165, 1.54) is 0 Å². The van der Waals surface area contributed by atoms with Gasteiger partial charge in [0.1, 0.15) is 5.56 Å². The molecule has 0 fully saturated rings. The van der Waals surface area contributed by atoms with E-state index >= 15 is 0 Å². The molecule has 30 heavy (non-hydrogen) atoms. The minimum Gasteiger partial charge on any atom is -0.337 e. The van der Waals surface area contributed by atoms with Gasteiger partial charge < -0.3 is 9.88 Å². The number of hydrogen-bond acceptors (Lipinski definition) is 3. The molecule has 0 radical (unpaired) electrons. The molecular formula is C24H22N4O2. The molecule has 0 atom stereocenters. The fourth-order valence-corrected chi connectivity index (χ4v) is 3.35. The number of amides is 1. The minimum absolute atomic E-state index is 0.125. The molecule has 2 aromatic carbocycles. The zero-order chi connectivity index (χ0) is 21.1. The molecule has 6 heteroatoms. The number of aromatic nitrogens is 3. The quantitative estimate of drug-likeness (QED) is 0.556. The highest BCUT2D eigenvalue weighted by atomic mass is 16.2. The third kappa shape index (κ3) is 3.93. The van der Waals surface area contributed by atoms with E-state index in [1.807, 2.05) is 71.5 Å². The Hall–Kier alpha value is -3.93. The van der Waals surface area contributed by atoms with E-state index in [0.717, 1.165) is 28.2 Å². The van der Waals surface area contributed by atoms with Gasteiger partial charge >= 0.3 is 0 Å². The van der Waals surface area contributed by atoms with Gasteiger partial charge in [-0.25, -0.2) is 4.68 Å². The summed E-state index contributed by atoms with van der Waals surface area (Å²) >= 11 is 0. The number of nitrogens with one attached hydrogen (secondary N) is 1. The van der Waals surface area contributed by atoms with Crippen LogP contribution in [0.25, 0.3) is 16.9 Å². The third-order valence-electron chi connectivity index (χ3n) is 4.90. The first kappa shape index (κ1) is 19.4. The van der Waals surface area contributed by atoms with Gasteiger partial charge in [0, 0.05) is 36.6 Å². The molecule has 0 aliphatic carbocycles. The summed E-state index contributed by atoms with van der Waals surface area (Å²) in [5.74, 6) is -0.331. The Balaban J connectivity index is 1.69. The Morgan fingerprint density at radius 2 is 1.67 bits per heavy atom. The van der Waals surface area contributed by atoms with E-state index in [9.17, 15) is 9.59 Å². The highest BCUT2D eigenvalue weighted by Gasteiger charge is 2.19. The molecule has 2 aromatic heterocycles. The summed E-state index contributed by atoms with van der Waals surface area (Å²) in [6.07, 6.45) is 1.93. The molecule has 0 saturated carbocycles. The molecule has 6 nitrogen and oxygen atoms in total. The van der Waals surface area contributed by atoms with Crippen molar-refractivity contribution < 1.29 is 4.79 Å². The van der Waals surface area contributed by atoms with Gasteiger partial charge in [-0.05, 0) is 31.2 Å². The van der Waals surface area contributed by atoms with Crippen molar-refractivity contribution in [2.45, 2.75) is 13.5 Å². The van der Waals surface area contributed by atoms with E-state index in [-0.39, 0.29) is 17.0 Å². The number of para-hydroxylation sites is 1. The maximum atomic E-state index is 12.9. The molecule has 0 aliphatic heterocycles. The lowest BCUT2D eigenvalue weighted by atomic mass is 10.1. The van der Waals surface area contributed by atoms with Crippen LogP contribution in [0.5, 0.6) is 0 Å². The monoisotopic (exact) mass is 398 g/mol. The second-order valence-electron chi connectivity index (χ2n) is 7.19. The zero-order valence-electron chi connectivity index (χ0n) is 16.9. The van der Waals surface area contributed by atoms with Gasteiger partial charge in [0.05, 0.1) is 11.4 Å². The molecule has 1 N–H and O–H groups in total. The van der Waals surface area contributed by atoms with Crippen molar-refractivity contribution in [1.29, 1.82) is 0 Å². The van der Waals surface area contributed by atoms with Crippen LogP contribution in [0, 0.1) is 6.92 Å². The number of benzene rings is 2. The number of rotatable bonds is 5. The Kier molecular flexibility index (Phi) is 5.30. The summed E-state index contributed by atoms with van der Waals surface area (Å²) in [6.45, 7) is 2.10. The van der Waals surface area contributed by atoms with Crippen LogP contribution in [0.3, 0.4) is 0 Å². The Bertz CT molecular complexity index is 1230. The highest BCUT2D eigenvalue weighted by molar-refractivity contribution is 5.93. The van der Waals surface area contributed by atoms with Crippen molar-refractivity contribution in [1.82, 2.24) is 19.7 Å². The number of carbonyl (C=O) groups is 1. The molecule has 0 saturated heterocycles. The first-order valence-corrected chi connectivity index (χ1v) is 9.67. The van der Waals surface area contributed by atoms with Crippen molar-refractivity contribution in [2.75, 3.05) is 7.05 Å². The summed E-state index contributed by atoms with van der Waals surface area (Å²) in [5, 5.41) is 4.78. The fourth-order valence-electron chi connectivity index (χ4n) is 3.35. The average molecular weight is 398 g/mol. The van der Waals surface area contributed by atoms with Gasteiger partial charge in [0.15, 0.2) is 0 Å². The molecule has 0 aliphatic rings. The topological polar surface area (TPSA) is 71.0 Å². The normalized spacial score (nSPS) is 10.7. The molecule has 4 rings (SSSR count). The van der Waals surface area contributed by atoms with Gasteiger partial charge in [0.2, 0.25) is 0 Å². The van der Waals surface area contributed by atoms with Crippen LogP contribution in [0.2, 0.25) is 0 Å². The van der Waals surface area contributed by atoms with Crippen LogP contribution in [0.15, 0.2) is 83.8 Å². The average Bonchev–Trinajstić information content (AvgIpc) is 3.18. The van der Waals surface area contributed by atoms with Gasteiger partial charge in [0.25, 0.3) is 11.5 Å². The van der Waals surface area contributed by atoms with Crippen LogP contribution < -0.4 is 5.56 Å². The van der Waals surface area contributed by atoms with Crippen molar-refractivity contribution in [2.24, 2.45) is 0 Å². The molecule has 0 spiro atoms. The summed E-state index contributed by atoms with van der Waals surface area (Å²) in [6, 6.07) is 23.0. The number of nitrogens with zero attached hydrogens (tertiary/aromatic N) is 3. The van der Waals surface area contributed by atoms with Crippen LogP contribution in [0.4, 0.5) is 0 Å². The molecule has 2 heterocycles. The zero-order valence-corrected chi connectivity index (χ0v) is 16.9. The largest absolute Gasteiger partial charge is 0.337 e. The second-order valence-corrected chi connectivity index (χ2v) is 7.19. The van der Waals surface area contributed by atoms with E-state index in [2.05, 4.69) is 4.98 Å². The van der Waals surface area contributed by atoms with E-state index in [4.69, 9.17) is 5.10 Å². The first-order chi connectivity index (χ1) is 14.5. The molecule has 0 unspecified atom stereocenters. The summed E-state index contributed by atoms with van der Waals surface area (Å²) in [5.41, 5.74) is 4.06. The second kappa shape index (κ2) is 8.21. The lowest BCUT2D eigenvalue weighted by Crippen LogP contribution is -2.31. The number of hydrogen-bond donors (Lipinski definition) is 1. The first-order valence-electron chi connectivity index (χ1n) is 9.67. The van der Waals surface area contributed by atoms with Crippen LogP contribution in [0.1, 0.15) is 21.6 Å². The number of H-pyrrole nitrogens is 1. The summed E-state index contributed by atoms with van der Waals surface area (Å²) < 4.78 is 1.81. The van der Waals surface area contributed by atoms with Crippen LogP contribution in [-0.4, -0.2) is 32.6 Å². The number of aryl methyl sites for hydroxylation is 1. The van der Waals surface area contributed by atoms with Crippen LogP contribution in [-0.2, 0) is 6.54 Å². The third-order valence-corrected chi connectivity index (χ3v) is 4.90. The van der Waals surface area contributed by atoms with E-state index < -0.39 is 0 Å². The van der Waals surface area contributed by atoms with E-state index in [1.54, 1.807) is 31.0 Å². The maximum absolute atomic E-state index is 12.9. The minimum atomic E-state index is -0.380. The Labute approximate surface area is 174 Å². The van der Waals surface area contributed by atoms with Gasteiger partial charge in [-0.2, -0.15) is 5.10 Å². The predicted octanol–water partition coefficient (Wildman–Crippen LogP) is 3.81. The number of carbonyl (C=O) groups excluding carboxylic acids is 1. The summed E-state index contributed by atoms with van der Waals surface area (Å²) in [7, 11) is 1.69. The predicted molar refractivity (Wildman–Crippen MR) is 117 cm³/mol. The van der Waals surface area contributed by atoms with Gasteiger partial charge in [-0.3, -0.25) is 9.59 Å².